The summed E-state index contributed by atoms with van der Waals surface area (Å²) < 4.78 is 5.20. The van der Waals surface area contributed by atoms with E-state index in [1.165, 1.54) is 11.8 Å². The summed E-state index contributed by atoms with van der Waals surface area (Å²) in [7, 11) is 0. The number of carboxylic acids is 1. The smallest absolute Gasteiger partial charge is 0.313 e. The van der Waals surface area contributed by atoms with Crippen LogP contribution in [0.15, 0.2) is 35.2 Å². The number of carbonyl (C=O) groups excluding carboxylic acids is 1. The Morgan fingerprint density at radius 3 is 2.80 bits per heavy atom. The molecule has 108 valence electrons. The molecule has 1 aromatic carbocycles. The highest BCUT2D eigenvalue weighted by molar-refractivity contribution is 8.00. The molecule has 0 bridgehead atoms. The van der Waals surface area contributed by atoms with Gasteiger partial charge in [0.05, 0.1) is 25.0 Å². The maximum atomic E-state index is 11.9. The number of thioether (sulfide) groups is 1. The fraction of sp³-hybridized carbons (Fsp3) is 0.429. The van der Waals surface area contributed by atoms with Crippen molar-refractivity contribution in [1.82, 2.24) is 5.32 Å². The summed E-state index contributed by atoms with van der Waals surface area (Å²) in [5.74, 6) is -0.867. The Hall–Kier alpha value is -1.53. The standard InChI is InChI=1S/C14H17NO4S/c1-14(13(17)18)9-19-7-11(14)15-12(16)8-20-10-5-3-2-4-6-10/h2-6,11H,7-9H2,1H3,(H,15,16)(H,17,18). The fourth-order valence-electron chi connectivity index (χ4n) is 1.99. The van der Waals surface area contributed by atoms with Crippen molar-refractivity contribution in [2.45, 2.75) is 17.9 Å². The average molecular weight is 295 g/mol. The summed E-state index contributed by atoms with van der Waals surface area (Å²) in [6, 6.07) is 9.11. The zero-order chi connectivity index (χ0) is 14.6. The SMILES string of the molecule is CC1(C(=O)O)COCC1NC(=O)CSc1ccccc1. The Morgan fingerprint density at radius 1 is 1.45 bits per heavy atom. The van der Waals surface area contributed by atoms with Crippen molar-refractivity contribution < 1.29 is 19.4 Å². The van der Waals surface area contributed by atoms with E-state index in [4.69, 9.17) is 4.74 Å². The molecule has 5 nitrogen and oxygen atoms in total. The van der Waals surface area contributed by atoms with Crippen LogP contribution in [0, 0.1) is 5.41 Å². The molecule has 2 rings (SSSR count). The highest BCUT2D eigenvalue weighted by Gasteiger charge is 2.47. The Bertz CT molecular complexity index is 493. The van der Waals surface area contributed by atoms with Crippen LogP contribution in [-0.2, 0) is 14.3 Å². The van der Waals surface area contributed by atoms with Gasteiger partial charge in [-0.25, -0.2) is 0 Å². The van der Waals surface area contributed by atoms with Crippen molar-refractivity contribution >= 4 is 23.6 Å². The van der Waals surface area contributed by atoms with Gasteiger partial charge in [0.25, 0.3) is 0 Å². The molecule has 2 atom stereocenters. The monoisotopic (exact) mass is 295 g/mol. The second-order valence-corrected chi connectivity index (χ2v) is 6.01. The van der Waals surface area contributed by atoms with E-state index in [-0.39, 0.29) is 24.9 Å². The summed E-state index contributed by atoms with van der Waals surface area (Å²) >= 11 is 1.42. The summed E-state index contributed by atoms with van der Waals surface area (Å²) in [5.41, 5.74) is -1.05. The minimum atomic E-state index is -1.05. The first kappa shape index (κ1) is 14.9. The van der Waals surface area contributed by atoms with Gasteiger partial charge in [-0.3, -0.25) is 9.59 Å². The van der Waals surface area contributed by atoms with Gasteiger partial charge in [-0.05, 0) is 19.1 Å². The molecule has 1 aliphatic rings. The quantitative estimate of drug-likeness (QED) is 0.803. The van der Waals surface area contributed by atoms with Crippen molar-refractivity contribution in [3.63, 3.8) is 0 Å². The molecule has 1 heterocycles. The Labute approximate surface area is 121 Å². The normalized spacial score (nSPS) is 25.4. The summed E-state index contributed by atoms with van der Waals surface area (Å²) in [5, 5.41) is 12.0. The van der Waals surface area contributed by atoms with Gasteiger partial charge in [0, 0.05) is 4.90 Å². The maximum absolute atomic E-state index is 11.9. The first-order valence-corrected chi connectivity index (χ1v) is 7.29. The molecular weight excluding hydrogens is 278 g/mol. The van der Waals surface area contributed by atoms with Gasteiger partial charge in [-0.1, -0.05) is 18.2 Å². The van der Waals surface area contributed by atoms with Crippen LogP contribution < -0.4 is 5.32 Å². The largest absolute Gasteiger partial charge is 0.481 e. The number of hydrogen-bond acceptors (Lipinski definition) is 4. The van der Waals surface area contributed by atoms with E-state index in [0.29, 0.717) is 0 Å². The number of rotatable bonds is 5. The highest BCUT2D eigenvalue weighted by atomic mass is 32.2. The zero-order valence-electron chi connectivity index (χ0n) is 11.2. The van der Waals surface area contributed by atoms with E-state index in [1.54, 1.807) is 6.92 Å². The lowest BCUT2D eigenvalue weighted by atomic mass is 9.85. The lowest BCUT2D eigenvalue weighted by Gasteiger charge is -2.25. The van der Waals surface area contributed by atoms with Gasteiger partial charge >= 0.3 is 5.97 Å². The first-order chi connectivity index (χ1) is 9.52. The predicted molar refractivity (Wildman–Crippen MR) is 75.7 cm³/mol. The van der Waals surface area contributed by atoms with Crippen molar-refractivity contribution in [2.75, 3.05) is 19.0 Å². The third kappa shape index (κ3) is 3.32. The average Bonchev–Trinajstić information content (AvgIpc) is 2.80. The van der Waals surface area contributed by atoms with Crippen LogP contribution >= 0.6 is 11.8 Å². The Kier molecular flexibility index (Phi) is 4.67. The lowest BCUT2D eigenvalue weighted by Crippen LogP contribution is -2.50. The van der Waals surface area contributed by atoms with Crippen LogP contribution in [0.4, 0.5) is 0 Å². The maximum Gasteiger partial charge on any atom is 0.313 e. The molecule has 2 N–H and O–H groups in total. The minimum absolute atomic E-state index is 0.124. The van der Waals surface area contributed by atoms with Crippen molar-refractivity contribution in [3.05, 3.63) is 30.3 Å². The van der Waals surface area contributed by atoms with Crippen LogP contribution in [0.25, 0.3) is 0 Å². The molecule has 20 heavy (non-hydrogen) atoms. The molecule has 0 aliphatic carbocycles. The van der Waals surface area contributed by atoms with Gasteiger partial charge in [0.15, 0.2) is 0 Å². The molecular formula is C14H17NO4S. The molecule has 0 spiro atoms. The lowest BCUT2D eigenvalue weighted by molar-refractivity contribution is -0.148. The number of carboxylic acid groups (broad SMARTS) is 1. The number of benzene rings is 1. The topological polar surface area (TPSA) is 75.6 Å². The number of aliphatic carboxylic acids is 1. The van der Waals surface area contributed by atoms with Crippen molar-refractivity contribution in [3.8, 4) is 0 Å². The minimum Gasteiger partial charge on any atom is -0.481 e. The summed E-state index contributed by atoms with van der Waals surface area (Å²) in [6.07, 6.45) is 0. The first-order valence-electron chi connectivity index (χ1n) is 6.31. The van der Waals surface area contributed by atoms with Gasteiger partial charge in [-0.15, -0.1) is 11.8 Å². The Balaban J connectivity index is 1.87. The molecule has 1 fully saturated rings. The van der Waals surface area contributed by atoms with Crippen LogP contribution in [0.3, 0.4) is 0 Å². The van der Waals surface area contributed by atoms with E-state index < -0.39 is 17.4 Å². The number of hydrogen-bond donors (Lipinski definition) is 2. The third-order valence-corrected chi connectivity index (χ3v) is 4.40. The second-order valence-electron chi connectivity index (χ2n) is 4.96. The van der Waals surface area contributed by atoms with Gasteiger partial charge in [0.1, 0.15) is 5.41 Å². The summed E-state index contributed by atoms with van der Waals surface area (Å²) in [4.78, 5) is 24.2. The van der Waals surface area contributed by atoms with Crippen molar-refractivity contribution in [2.24, 2.45) is 5.41 Å². The van der Waals surface area contributed by atoms with E-state index in [1.807, 2.05) is 30.3 Å². The van der Waals surface area contributed by atoms with E-state index >= 15 is 0 Å². The molecule has 0 saturated carbocycles. The zero-order valence-corrected chi connectivity index (χ0v) is 12.0. The molecule has 1 amide bonds. The number of nitrogens with one attached hydrogen (secondary N) is 1. The third-order valence-electron chi connectivity index (χ3n) is 3.39. The molecule has 0 aromatic heterocycles. The molecule has 1 aliphatic heterocycles. The Morgan fingerprint density at radius 2 is 2.15 bits per heavy atom. The van der Waals surface area contributed by atoms with E-state index in [2.05, 4.69) is 5.32 Å². The van der Waals surface area contributed by atoms with Crippen LogP contribution in [0.5, 0.6) is 0 Å². The highest BCUT2D eigenvalue weighted by Crippen LogP contribution is 2.29. The van der Waals surface area contributed by atoms with Gasteiger partial charge in [-0.2, -0.15) is 0 Å². The molecule has 6 heteroatoms. The van der Waals surface area contributed by atoms with Crippen molar-refractivity contribution in [1.29, 1.82) is 0 Å². The number of carbonyl (C=O) groups is 2. The van der Waals surface area contributed by atoms with Crippen LogP contribution in [-0.4, -0.2) is 42.0 Å². The molecule has 1 saturated heterocycles. The van der Waals surface area contributed by atoms with E-state index in [9.17, 15) is 14.7 Å². The van der Waals surface area contributed by atoms with Crippen LogP contribution in [0.1, 0.15) is 6.92 Å². The molecule has 1 aromatic rings. The second kappa shape index (κ2) is 6.28. The van der Waals surface area contributed by atoms with Crippen LogP contribution in [0.2, 0.25) is 0 Å². The van der Waals surface area contributed by atoms with Gasteiger partial charge < -0.3 is 15.2 Å². The number of amides is 1. The van der Waals surface area contributed by atoms with Gasteiger partial charge in [0.2, 0.25) is 5.91 Å². The van der Waals surface area contributed by atoms with E-state index in [0.717, 1.165) is 4.90 Å². The number of ether oxygens (including phenoxy) is 1. The predicted octanol–water partition coefficient (Wildman–Crippen LogP) is 1.38. The fourth-order valence-corrected chi connectivity index (χ4v) is 2.72. The molecule has 0 radical (unpaired) electrons. The summed E-state index contributed by atoms with van der Waals surface area (Å²) in [6.45, 7) is 1.96. The molecule has 2 unspecified atom stereocenters.